The van der Waals surface area contributed by atoms with Gasteiger partial charge in [-0.25, -0.2) is 9.86 Å². The van der Waals surface area contributed by atoms with Gasteiger partial charge in [0.25, 0.3) is 5.91 Å². The fourth-order valence-electron chi connectivity index (χ4n) is 3.05. The van der Waals surface area contributed by atoms with E-state index in [1.807, 2.05) is 24.3 Å². The minimum Gasteiger partial charge on any atom is -0.391 e. The first-order valence-corrected chi connectivity index (χ1v) is 10.7. The molecule has 2 atom stereocenters. The Labute approximate surface area is 188 Å². The Bertz CT molecular complexity index is 895. The van der Waals surface area contributed by atoms with E-state index in [4.69, 9.17) is 0 Å². The van der Waals surface area contributed by atoms with Crippen molar-refractivity contribution in [2.24, 2.45) is 4.99 Å². The smallest absolute Gasteiger partial charge is 0.341 e. The summed E-state index contributed by atoms with van der Waals surface area (Å²) in [6.07, 6.45) is 2.17. The van der Waals surface area contributed by atoms with E-state index in [1.54, 1.807) is 25.4 Å². The number of carbonyl (C=O) groups excluding carboxylic acids is 2. The molecule has 0 fully saturated rings. The Kier molecular flexibility index (Phi) is 9.84. The molecule has 0 aliphatic heterocycles. The molecule has 8 heteroatoms. The molecule has 4 N–H and O–H groups in total. The molecule has 0 aliphatic rings. The highest BCUT2D eigenvalue weighted by Gasteiger charge is 2.23. The van der Waals surface area contributed by atoms with Crippen LogP contribution in [0.15, 0.2) is 53.5 Å². The quantitative estimate of drug-likeness (QED) is 0.197. The number of carbonyl (C=O) groups is 2. The third kappa shape index (κ3) is 7.47. The molecule has 2 aromatic rings. The Hall–Kier alpha value is -3.23. The SMILES string of the molecule is CCc1ccc(-c2ccc(C(=O)N[C@H](CN(O)C(=O)NCCC=NC)[C@@H](C)O)cc2)cc1. The lowest BCUT2D eigenvalue weighted by Gasteiger charge is -2.25. The van der Waals surface area contributed by atoms with E-state index in [-0.39, 0.29) is 6.54 Å². The van der Waals surface area contributed by atoms with Gasteiger partial charge in [0.1, 0.15) is 0 Å². The molecule has 0 aliphatic carbocycles. The molecule has 2 rings (SSSR count). The van der Waals surface area contributed by atoms with Crippen molar-refractivity contribution in [2.45, 2.75) is 38.8 Å². The van der Waals surface area contributed by atoms with Crippen molar-refractivity contribution in [3.63, 3.8) is 0 Å². The zero-order valence-corrected chi connectivity index (χ0v) is 18.8. The number of nitrogens with zero attached hydrogens (tertiary/aromatic N) is 2. The Morgan fingerprint density at radius 3 is 2.22 bits per heavy atom. The normalized spacial score (nSPS) is 12.9. The maximum atomic E-state index is 12.6. The molecule has 0 bridgehead atoms. The van der Waals surface area contributed by atoms with Crippen molar-refractivity contribution in [3.05, 3.63) is 59.7 Å². The van der Waals surface area contributed by atoms with Crippen LogP contribution < -0.4 is 10.6 Å². The summed E-state index contributed by atoms with van der Waals surface area (Å²) in [5.74, 6) is -0.406. The topological polar surface area (TPSA) is 114 Å². The molecule has 3 amide bonds. The molecule has 0 saturated carbocycles. The predicted octanol–water partition coefficient (Wildman–Crippen LogP) is 2.89. The highest BCUT2D eigenvalue weighted by atomic mass is 16.5. The summed E-state index contributed by atoms with van der Waals surface area (Å²) in [5, 5.41) is 25.7. The molecular formula is C24H32N4O4. The van der Waals surface area contributed by atoms with Gasteiger partial charge in [-0.2, -0.15) is 0 Å². The van der Waals surface area contributed by atoms with Crippen molar-refractivity contribution in [3.8, 4) is 11.1 Å². The van der Waals surface area contributed by atoms with E-state index in [0.717, 1.165) is 17.5 Å². The van der Waals surface area contributed by atoms with Gasteiger partial charge >= 0.3 is 6.03 Å². The van der Waals surface area contributed by atoms with Crippen molar-refractivity contribution < 1.29 is 19.9 Å². The monoisotopic (exact) mass is 440 g/mol. The van der Waals surface area contributed by atoms with Gasteiger partial charge in [0.05, 0.1) is 18.7 Å². The van der Waals surface area contributed by atoms with E-state index in [9.17, 15) is 19.9 Å². The third-order valence-electron chi connectivity index (χ3n) is 5.08. The molecule has 0 aromatic heterocycles. The second kappa shape index (κ2) is 12.6. The number of rotatable bonds is 10. The van der Waals surface area contributed by atoms with Crippen LogP contribution in [0.2, 0.25) is 0 Å². The summed E-state index contributed by atoms with van der Waals surface area (Å²) < 4.78 is 0. The number of aliphatic hydroxyl groups is 1. The van der Waals surface area contributed by atoms with Gasteiger partial charge in [-0.1, -0.05) is 43.3 Å². The molecule has 0 saturated heterocycles. The largest absolute Gasteiger partial charge is 0.391 e. The van der Waals surface area contributed by atoms with Gasteiger partial charge in [0, 0.05) is 25.4 Å². The number of nitrogens with one attached hydrogen (secondary N) is 2. The van der Waals surface area contributed by atoms with Gasteiger partial charge in [0.2, 0.25) is 0 Å². The second-order valence-electron chi connectivity index (χ2n) is 7.49. The first-order valence-electron chi connectivity index (χ1n) is 10.7. The second-order valence-corrected chi connectivity index (χ2v) is 7.49. The van der Waals surface area contributed by atoms with Crippen LogP contribution in [0.3, 0.4) is 0 Å². The van der Waals surface area contributed by atoms with Crippen LogP contribution in [0.4, 0.5) is 4.79 Å². The average Bonchev–Trinajstić information content (AvgIpc) is 2.81. The number of benzene rings is 2. The standard InChI is InChI=1S/C24H32N4O4/c1-4-18-6-8-19(9-7-18)20-10-12-21(13-11-20)23(30)27-22(17(2)29)16-28(32)24(31)26-15-5-14-25-3/h6-14,17,22,29,32H,4-5,15-16H2,1-3H3,(H,26,31)(H,27,30)/t17-,22-/m1/s1. The molecule has 172 valence electrons. The first-order chi connectivity index (χ1) is 15.3. The molecule has 32 heavy (non-hydrogen) atoms. The van der Waals surface area contributed by atoms with Gasteiger partial charge in [-0.15, -0.1) is 0 Å². The van der Waals surface area contributed by atoms with E-state index in [0.29, 0.717) is 23.6 Å². The molecule has 8 nitrogen and oxygen atoms in total. The predicted molar refractivity (Wildman–Crippen MR) is 125 cm³/mol. The zero-order chi connectivity index (χ0) is 23.5. The van der Waals surface area contributed by atoms with Gasteiger partial charge < -0.3 is 20.7 Å². The number of hydroxylamine groups is 2. The number of amides is 3. The lowest BCUT2D eigenvalue weighted by molar-refractivity contribution is -0.0577. The number of aliphatic imine (C=N–C) groups is 1. The summed E-state index contributed by atoms with van der Waals surface area (Å²) in [7, 11) is 1.63. The van der Waals surface area contributed by atoms with Gasteiger partial charge in [-0.05, 0) is 48.6 Å². The summed E-state index contributed by atoms with van der Waals surface area (Å²) in [6, 6.07) is 13.8. The van der Waals surface area contributed by atoms with Crippen molar-refractivity contribution in [1.82, 2.24) is 15.7 Å². The van der Waals surface area contributed by atoms with Crippen molar-refractivity contribution in [1.29, 1.82) is 0 Å². The maximum Gasteiger partial charge on any atom is 0.341 e. The maximum absolute atomic E-state index is 12.6. The molecular weight excluding hydrogens is 408 g/mol. The lowest BCUT2D eigenvalue weighted by Crippen LogP contribution is -2.51. The lowest BCUT2D eigenvalue weighted by atomic mass is 10.0. The molecule has 0 heterocycles. The van der Waals surface area contributed by atoms with E-state index in [1.165, 1.54) is 12.5 Å². The third-order valence-corrected chi connectivity index (χ3v) is 5.08. The minimum atomic E-state index is -0.982. The van der Waals surface area contributed by atoms with Crippen molar-refractivity contribution in [2.75, 3.05) is 20.1 Å². The van der Waals surface area contributed by atoms with Crippen LogP contribution in [0, 0.1) is 0 Å². The summed E-state index contributed by atoms with van der Waals surface area (Å²) in [5.41, 5.74) is 3.72. The Balaban J connectivity index is 1.97. The summed E-state index contributed by atoms with van der Waals surface area (Å²) >= 11 is 0. The number of hydrogen-bond donors (Lipinski definition) is 4. The first kappa shape index (κ1) is 25.0. The number of hydrogen-bond acceptors (Lipinski definition) is 5. The van der Waals surface area contributed by atoms with Crippen molar-refractivity contribution >= 4 is 18.2 Å². The fraction of sp³-hybridized carbons (Fsp3) is 0.375. The molecule has 0 radical (unpaired) electrons. The fourth-order valence-corrected chi connectivity index (χ4v) is 3.05. The molecule has 0 unspecified atom stereocenters. The summed E-state index contributed by atoms with van der Waals surface area (Å²) in [6.45, 7) is 3.64. The Morgan fingerprint density at radius 2 is 1.69 bits per heavy atom. The van der Waals surface area contributed by atoms with Gasteiger partial charge in [-0.3, -0.25) is 10.0 Å². The molecule has 0 spiro atoms. The molecule has 2 aromatic carbocycles. The van der Waals surface area contributed by atoms with Crippen LogP contribution in [-0.4, -0.2) is 65.8 Å². The van der Waals surface area contributed by atoms with Crippen LogP contribution in [0.25, 0.3) is 11.1 Å². The minimum absolute atomic E-state index is 0.265. The zero-order valence-electron chi connectivity index (χ0n) is 18.8. The van der Waals surface area contributed by atoms with Crippen LogP contribution in [0.5, 0.6) is 0 Å². The van der Waals surface area contributed by atoms with Crippen LogP contribution >= 0.6 is 0 Å². The van der Waals surface area contributed by atoms with Crippen LogP contribution in [0.1, 0.15) is 36.2 Å². The van der Waals surface area contributed by atoms with Crippen LogP contribution in [-0.2, 0) is 6.42 Å². The van der Waals surface area contributed by atoms with Gasteiger partial charge in [0.15, 0.2) is 0 Å². The highest BCUT2D eigenvalue weighted by molar-refractivity contribution is 5.95. The average molecular weight is 441 g/mol. The number of aryl methyl sites for hydroxylation is 1. The van der Waals surface area contributed by atoms with E-state index >= 15 is 0 Å². The number of aliphatic hydroxyl groups excluding tert-OH is 1. The van der Waals surface area contributed by atoms with E-state index < -0.39 is 24.1 Å². The summed E-state index contributed by atoms with van der Waals surface area (Å²) in [4.78, 5) is 28.4. The Morgan fingerprint density at radius 1 is 1.09 bits per heavy atom. The highest BCUT2D eigenvalue weighted by Crippen LogP contribution is 2.20. The van der Waals surface area contributed by atoms with E-state index in [2.05, 4.69) is 34.7 Å². The number of urea groups is 1.